The lowest BCUT2D eigenvalue weighted by Crippen LogP contribution is -2.46. The number of hydrogen-bond donors (Lipinski definition) is 1. The number of aromatic nitrogens is 2. The molecule has 0 bridgehead atoms. The Balaban J connectivity index is 0.00000144. The monoisotopic (exact) mass is 294 g/mol. The number of nitrogens with zero attached hydrogens (tertiary/aromatic N) is 3. The summed E-state index contributed by atoms with van der Waals surface area (Å²) in [4.78, 5) is 13.8. The van der Waals surface area contributed by atoms with Gasteiger partial charge in [-0.3, -0.25) is 9.48 Å². The topological polar surface area (TPSA) is 50.2 Å². The third-order valence-electron chi connectivity index (χ3n) is 2.79. The number of amides is 1. The van der Waals surface area contributed by atoms with E-state index in [1.807, 2.05) is 28.9 Å². The first-order valence-corrected chi connectivity index (χ1v) is 5.73. The number of hydrogen-bond acceptors (Lipinski definition) is 3. The third kappa shape index (κ3) is 4.84. The Bertz CT molecular complexity index is 364. The molecule has 0 unspecified atom stereocenters. The molecule has 1 saturated heterocycles. The summed E-state index contributed by atoms with van der Waals surface area (Å²) in [5.74, 6) is 0.231. The summed E-state index contributed by atoms with van der Waals surface area (Å²) in [6.07, 6.45) is 4.32. The molecule has 1 aromatic heterocycles. The SMILES string of the molecule is Cc1cnn(CCC(=O)N2CCNCC2)c1.Cl.Cl. The van der Waals surface area contributed by atoms with Crippen LogP contribution in [0.1, 0.15) is 12.0 Å². The Labute approximate surface area is 120 Å². The van der Waals surface area contributed by atoms with Gasteiger partial charge in [-0.15, -0.1) is 24.8 Å². The van der Waals surface area contributed by atoms with Crippen LogP contribution in [0.4, 0.5) is 0 Å². The minimum absolute atomic E-state index is 0. The number of carbonyl (C=O) groups excluding carboxylic acids is 1. The van der Waals surface area contributed by atoms with E-state index in [0.717, 1.165) is 31.7 Å². The van der Waals surface area contributed by atoms with Crippen molar-refractivity contribution in [3.8, 4) is 0 Å². The van der Waals surface area contributed by atoms with Gasteiger partial charge < -0.3 is 10.2 Å². The van der Waals surface area contributed by atoms with Gasteiger partial charge in [-0.2, -0.15) is 5.10 Å². The third-order valence-corrected chi connectivity index (χ3v) is 2.79. The zero-order valence-electron chi connectivity index (χ0n) is 10.5. The van der Waals surface area contributed by atoms with Crippen molar-refractivity contribution >= 4 is 30.7 Å². The summed E-state index contributed by atoms with van der Waals surface area (Å²) in [5.41, 5.74) is 1.13. The van der Waals surface area contributed by atoms with Crippen molar-refractivity contribution in [3.63, 3.8) is 0 Å². The molecule has 1 aliphatic heterocycles. The summed E-state index contributed by atoms with van der Waals surface area (Å²) < 4.78 is 1.83. The van der Waals surface area contributed by atoms with Crippen LogP contribution >= 0.6 is 24.8 Å². The Hall–Kier alpha value is -0.780. The molecule has 0 saturated carbocycles. The highest BCUT2D eigenvalue weighted by Gasteiger charge is 2.15. The average molecular weight is 295 g/mol. The fourth-order valence-corrected chi connectivity index (χ4v) is 1.87. The van der Waals surface area contributed by atoms with Crippen LogP contribution in [0, 0.1) is 6.92 Å². The van der Waals surface area contributed by atoms with Crippen LogP contribution in [-0.2, 0) is 11.3 Å². The van der Waals surface area contributed by atoms with Gasteiger partial charge in [-0.05, 0) is 12.5 Å². The van der Waals surface area contributed by atoms with Gasteiger partial charge in [0.15, 0.2) is 0 Å². The highest BCUT2D eigenvalue weighted by atomic mass is 35.5. The number of aryl methyl sites for hydroxylation is 2. The van der Waals surface area contributed by atoms with Crippen LogP contribution in [0.2, 0.25) is 0 Å². The van der Waals surface area contributed by atoms with E-state index in [0.29, 0.717) is 13.0 Å². The van der Waals surface area contributed by atoms with Crippen molar-refractivity contribution in [2.24, 2.45) is 0 Å². The van der Waals surface area contributed by atoms with E-state index in [1.54, 1.807) is 0 Å². The first kappa shape index (κ1) is 17.2. The lowest BCUT2D eigenvalue weighted by Gasteiger charge is -2.27. The van der Waals surface area contributed by atoms with Gasteiger partial charge in [0.2, 0.25) is 5.91 Å². The van der Waals surface area contributed by atoms with Gasteiger partial charge >= 0.3 is 0 Å². The fourth-order valence-electron chi connectivity index (χ4n) is 1.87. The van der Waals surface area contributed by atoms with Gasteiger partial charge in [0.25, 0.3) is 0 Å². The molecule has 0 radical (unpaired) electrons. The average Bonchev–Trinajstić information content (AvgIpc) is 2.73. The second kappa shape index (κ2) is 8.34. The lowest BCUT2D eigenvalue weighted by atomic mass is 10.3. The maximum Gasteiger partial charge on any atom is 0.224 e. The minimum atomic E-state index is 0. The molecule has 2 heterocycles. The molecule has 1 amide bonds. The molecule has 1 fully saturated rings. The fraction of sp³-hybridized carbons (Fsp3) is 0.636. The predicted molar refractivity (Wildman–Crippen MR) is 75.5 cm³/mol. The first-order valence-electron chi connectivity index (χ1n) is 5.73. The highest BCUT2D eigenvalue weighted by Crippen LogP contribution is 2.00. The van der Waals surface area contributed by atoms with Gasteiger partial charge in [0.05, 0.1) is 6.20 Å². The van der Waals surface area contributed by atoms with Gasteiger partial charge in [-0.25, -0.2) is 0 Å². The van der Waals surface area contributed by atoms with Crippen molar-refractivity contribution in [3.05, 3.63) is 18.0 Å². The molecule has 1 N–H and O–H groups in total. The quantitative estimate of drug-likeness (QED) is 0.900. The number of rotatable bonds is 3. The van der Waals surface area contributed by atoms with Crippen LogP contribution in [0.25, 0.3) is 0 Å². The molecule has 5 nitrogen and oxygen atoms in total. The summed E-state index contributed by atoms with van der Waals surface area (Å²) in [6.45, 7) is 6.16. The number of nitrogens with one attached hydrogen (secondary N) is 1. The molecular formula is C11H20Cl2N4O. The van der Waals surface area contributed by atoms with E-state index >= 15 is 0 Å². The van der Waals surface area contributed by atoms with Crippen LogP contribution < -0.4 is 5.32 Å². The van der Waals surface area contributed by atoms with Crippen LogP contribution in [0.5, 0.6) is 0 Å². The molecule has 104 valence electrons. The molecule has 7 heteroatoms. The summed E-state index contributed by atoms with van der Waals surface area (Å²) in [7, 11) is 0. The Morgan fingerprint density at radius 1 is 1.39 bits per heavy atom. The molecule has 0 atom stereocenters. The molecule has 1 aliphatic rings. The minimum Gasteiger partial charge on any atom is -0.340 e. The lowest BCUT2D eigenvalue weighted by molar-refractivity contribution is -0.132. The maximum atomic E-state index is 11.8. The Morgan fingerprint density at radius 3 is 2.61 bits per heavy atom. The van der Waals surface area contributed by atoms with E-state index in [2.05, 4.69) is 10.4 Å². The van der Waals surface area contributed by atoms with E-state index in [1.165, 1.54) is 0 Å². The Kier molecular flexibility index (Phi) is 7.98. The van der Waals surface area contributed by atoms with Gasteiger partial charge in [0.1, 0.15) is 0 Å². The number of piperazine rings is 1. The molecule has 0 spiro atoms. The standard InChI is InChI=1S/C11H18N4O.2ClH/c1-10-8-13-15(9-10)5-2-11(16)14-6-3-12-4-7-14;;/h8-9,12H,2-7H2,1H3;2*1H. The Morgan fingerprint density at radius 2 is 2.06 bits per heavy atom. The highest BCUT2D eigenvalue weighted by molar-refractivity contribution is 5.85. The number of carbonyl (C=O) groups is 1. The molecule has 1 aromatic rings. The first-order chi connectivity index (χ1) is 7.75. The normalized spacial score (nSPS) is 14.6. The molecule has 0 aromatic carbocycles. The van der Waals surface area contributed by atoms with Gasteiger partial charge in [-0.1, -0.05) is 0 Å². The molecule has 18 heavy (non-hydrogen) atoms. The van der Waals surface area contributed by atoms with E-state index in [-0.39, 0.29) is 30.7 Å². The van der Waals surface area contributed by atoms with E-state index < -0.39 is 0 Å². The maximum absolute atomic E-state index is 11.8. The largest absolute Gasteiger partial charge is 0.340 e. The second-order valence-electron chi connectivity index (χ2n) is 4.16. The summed E-state index contributed by atoms with van der Waals surface area (Å²) in [6, 6.07) is 0. The van der Waals surface area contributed by atoms with Crippen molar-refractivity contribution in [1.29, 1.82) is 0 Å². The molecular weight excluding hydrogens is 275 g/mol. The molecule has 2 rings (SSSR count). The smallest absolute Gasteiger partial charge is 0.224 e. The second-order valence-corrected chi connectivity index (χ2v) is 4.16. The van der Waals surface area contributed by atoms with Crippen molar-refractivity contribution in [1.82, 2.24) is 20.0 Å². The van der Waals surface area contributed by atoms with Crippen molar-refractivity contribution in [2.75, 3.05) is 26.2 Å². The van der Waals surface area contributed by atoms with Gasteiger partial charge in [0, 0.05) is 45.3 Å². The number of halogens is 2. The van der Waals surface area contributed by atoms with Crippen molar-refractivity contribution < 1.29 is 4.79 Å². The predicted octanol–water partition coefficient (Wildman–Crippen LogP) is 0.857. The summed E-state index contributed by atoms with van der Waals surface area (Å²) >= 11 is 0. The van der Waals surface area contributed by atoms with E-state index in [4.69, 9.17) is 0 Å². The van der Waals surface area contributed by atoms with Crippen LogP contribution in [-0.4, -0.2) is 46.8 Å². The summed E-state index contributed by atoms with van der Waals surface area (Å²) in [5, 5.41) is 7.40. The zero-order valence-corrected chi connectivity index (χ0v) is 12.1. The van der Waals surface area contributed by atoms with E-state index in [9.17, 15) is 4.79 Å². The zero-order chi connectivity index (χ0) is 11.4. The van der Waals surface area contributed by atoms with Crippen LogP contribution in [0.3, 0.4) is 0 Å². The molecule has 0 aliphatic carbocycles. The van der Waals surface area contributed by atoms with Crippen LogP contribution in [0.15, 0.2) is 12.4 Å². The van der Waals surface area contributed by atoms with Crippen molar-refractivity contribution in [2.45, 2.75) is 19.9 Å².